The van der Waals surface area contributed by atoms with E-state index >= 15 is 0 Å². The van der Waals surface area contributed by atoms with Gasteiger partial charge in [-0.05, 0) is 18.2 Å². The maximum atomic E-state index is 10.8. The molecule has 0 amide bonds. The lowest BCUT2D eigenvalue weighted by Gasteiger charge is -1.99. The Hall–Kier alpha value is -1.62. The second-order valence-electron chi connectivity index (χ2n) is 3.54. The summed E-state index contributed by atoms with van der Waals surface area (Å²) < 4.78 is 1.85. The van der Waals surface area contributed by atoms with Gasteiger partial charge in [-0.25, -0.2) is 0 Å². The molecule has 0 bridgehead atoms. The van der Waals surface area contributed by atoms with Crippen LogP contribution in [0, 0.1) is 0 Å². The third-order valence-electron chi connectivity index (χ3n) is 2.24. The Bertz CT molecular complexity index is 495. The van der Waals surface area contributed by atoms with Crippen molar-refractivity contribution < 1.29 is 4.79 Å². The van der Waals surface area contributed by atoms with Crippen LogP contribution in [0.1, 0.15) is 6.92 Å². The molecule has 0 unspecified atom stereocenters. The van der Waals surface area contributed by atoms with Crippen LogP contribution in [0.25, 0.3) is 11.3 Å². The van der Waals surface area contributed by atoms with E-state index in [9.17, 15) is 4.79 Å². The van der Waals surface area contributed by atoms with E-state index in [1.165, 1.54) is 11.8 Å². The van der Waals surface area contributed by atoms with Crippen LogP contribution in [0.4, 0.5) is 0 Å². The van der Waals surface area contributed by atoms with Crippen molar-refractivity contribution in [1.29, 1.82) is 0 Å². The summed E-state index contributed by atoms with van der Waals surface area (Å²) in [6, 6.07) is 5.82. The standard InChI is InChI=1S/C12H13N3OS/c1-10(16)17-9-8-15-7-4-12(14-15)11-2-5-13-6-3-11/h2-7H,8-9H2,1H3. The Morgan fingerprint density at radius 2 is 2.12 bits per heavy atom. The number of hydrogen-bond donors (Lipinski definition) is 0. The quantitative estimate of drug-likeness (QED) is 0.831. The number of nitrogens with zero attached hydrogens (tertiary/aromatic N) is 3. The maximum Gasteiger partial charge on any atom is 0.185 e. The van der Waals surface area contributed by atoms with Gasteiger partial charge in [0.1, 0.15) is 0 Å². The molecule has 0 spiro atoms. The zero-order chi connectivity index (χ0) is 12.1. The third kappa shape index (κ3) is 3.42. The van der Waals surface area contributed by atoms with Crippen LogP contribution in [0.3, 0.4) is 0 Å². The second-order valence-corrected chi connectivity index (χ2v) is 4.81. The van der Waals surface area contributed by atoms with E-state index in [0.717, 1.165) is 23.6 Å². The molecule has 0 saturated carbocycles. The van der Waals surface area contributed by atoms with Crippen molar-refractivity contribution in [1.82, 2.24) is 14.8 Å². The van der Waals surface area contributed by atoms with Gasteiger partial charge in [-0.2, -0.15) is 5.10 Å². The van der Waals surface area contributed by atoms with E-state index in [-0.39, 0.29) is 5.12 Å². The van der Waals surface area contributed by atoms with Gasteiger partial charge in [-0.15, -0.1) is 0 Å². The summed E-state index contributed by atoms with van der Waals surface area (Å²) in [6.45, 7) is 2.32. The van der Waals surface area contributed by atoms with Crippen molar-refractivity contribution in [3.63, 3.8) is 0 Å². The van der Waals surface area contributed by atoms with Gasteiger partial charge in [-0.3, -0.25) is 14.5 Å². The topological polar surface area (TPSA) is 47.8 Å². The molecule has 0 aliphatic rings. The number of hydrogen-bond acceptors (Lipinski definition) is 4. The molecule has 0 atom stereocenters. The summed E-state index contributed by atoms with van der Waals surface area (Å²) >= 11 is 1.32. The first-order valence-corrected chi connectivity index (χ1v) is 6.31. The number of pyridine rings is 1. The molecule has 0 saturated heterocycles. The lowest BCUT2D eigenvalue weighted by atomic mass is 10.2. The fourth-order valence-electron chi connectivity index (χ4n) is 1.45. The van der Waals surface area contributed by atoms with Crippen LogP contribution in [-0.4, -0.2) is 25.6 Å². The van der Waals surface area contributed by atoms with E-state index < -0.39 is 0 Å². The normalized spacial score (nSPS) is 10.4. The Kier molecular flexibility index (Phi) is 3.93. The Morgan fingerprint density at radius 1 is 1.35 bits per heavy atom. The number of aromatic nitrogens is 3. The van der Waals surface area contributed by atoms with Gasteiger partial charge in [0, 0.05) is 36.8 Å². The largest absolute Gasteiger partial charge is 0.288 e. The van der Waals surface area contributed by atoms with Crippen molar-refractivity contribution in [3.05, 3.63) is 36.8 Å². The van der Waals surface area contributed by atoms with Crippen molar-refractivity contribution in [2.75, 3.05) is 5.75 Å². The van der Waals surface area contributed by atoms with Gasteiger partial charge < -0.3 is 0 Å². The summed E-state index contributed by atoms with van der Waals surface area (Å²) in [5.74, 6) is 0.757. The predicted molar refractivity (Wildman–Crippen MR) is 68.6 cm³/mol. The first-order chi connectivity index (χ1) is 8.25. The van der Waals surface area contributed by atoms with Gasteiger partial charge in [0.25, 0.3) is 0 Å². The van der Waals surface area contributed by atoms with Crippen molar-refractivity contribution >= 4 is 16.9 Å². The predicted octanol–water partition coefficient (Wildman–Crippen LogP) is 2.22. The number of carbonyl (C=O) groups excluding carboxylic acids is 1. The summed E-state index contributed by atoms with van der Waals surface area (Å²) in [6.07, 6.45) is 5.43. The Morgan fingerprint density at radius 3 is 2.82 bits per heavy atom. The summed E-state index contributed by atoms with van der Waals surface area (Å²) in [5, 5.41) is 4.59. The van der Waals surface area contributed by atoms with E-state index in [1.54, 1.807) is 19.3 Å². The number of carbonyl (C=O) groups is 1. The highest BCUT2D eigenvalue weighted by Gasteiger charge is 2.02. The zero-order valence-electron chi connectivity index (χ0n) is 9.54. The van der Waals surface area contributed by atoms with Gasteiger partial charge in [0.2, 0.25) is 0 Å². The van der Waals surface area contributed by atoms with Crippen LogP contribution < -0.4 is 0 Å². The highest BCUT2D eigenvalue weighted by atomic mass is 32.2. The molecule has 2 heterocycles. The molecule has 0 aromatic carbocycles. The molecule has 5 heteroatoms. The molecule has 2 aromatic heterocycles. The lowest BCUT2D eigenvalue weighted by molar-refractivity contribution is -0.109. The summed E-state index contributed by atoms with van der Waals surface area (Å²) in [4.78, 5) is 14.8. The second kappa shape index (κ2) is 5.63. The van der Waals surface area contributed by atoms with Crippen LogP contribution in [0.5, 0.6) is 0 Å². The van der Waals surface area contributed by atoms with Crippen LogP contribution in [-0.2, 0) is 11.3 Å². The third-order valence-corrected chi connectivity index (χ3v) is 3.04. The lowest BCUT2D eigenvalue weighted by Crippen LogP contribution is -2.02. The number of aryl methyl sites for hydroxylation is 1. The molecule has 0 aliphatic heterocycles. The van der Waals surface area contributed by atoms with E-state index in [1.807, 2.05) is 29.1 Å². The average molecular weight is 247 g/mol. The molecule has 0 N–H and O–H groups in total. The number of rotatable bonds is 4. The minimum atomic E-state index is 0.145. The maximum absolute atomic E-state index is 10.8. The van der Waals surface area contributed by atoms with Gasteiger partial charge in [0.05, 0.1) is 12.2 Å². The molecule has 2 aromatic rings. The summed E-state index contributed by atoms with van der Waals surface area (Å²) in [5.41, 5.74) is 1.98. The van der Waals surface area contributed by atoms with Crippen LogP contribution >= 0.6 is 11.8 Å². The average Bonchev–Trinajstić information content (AvgIpc) is 2.78. The minimum Gasteiger partial charge on any atom is -0.288 e. The van der Waals surface area contributed by atoms with Gasteiger partial charge in [0.15, 0.2) is 5.12 Å². The number of thioether (sulfide) groups is 1. The van der Waals surface area contributed by atoms with Crippen molar-refractivity contribution in [2.45, 2.75) is 13.5 Å². The van der Waals surface area contributed by atoms with Crippen LogP contribution in [0.2, 0.25) is 0 Å². The fraction of sp³-hybridized carbons (Fsp3) is 0.250. The van der Waals surface area contributed by atoms with E-state index in [2.05, 4.69) is 10.1 Å². The molecule has 0 fully saturated rings. The van der Waals surface area contributed by atoms with Crippen molar-refractivity contribution in [2.24, 2.45) is 0 Å². The molecule has 4 nitrogen and oxygen atoms in total. The minimum absolute atomic E-state index is 0.145. The van der Waals surface area contributed by atoms with Crippen molar-refractivity contribution in [3.8, 4) is 11.3 Å². The highest BCUT2D eigenvalue weighted by molar-refractivity contribution is 8.13. The first-order valence-electron chi connectivity index (χ1n) is 5.33. The smallest absolute Gasteiger partial charge is 0.185 e. The van der Waals surface area contributed by atoms with Gasteiger partial charge >= 0.3 is 0 Å². The monoisotopic (exact) mass is 247 g/mol. The molecule has 0 aliphatic carbocycles. The van der Waals surface area contributed by atoms with Gasteiger partial charge in [-0.1, -0.05) is 11.8 Å². The molecule has 2 rings (SSSR count). The fourth-order valence-corrected chi connectivity index (χ4v) is 2.01. The highest BCUT2D eigenvalue weighted by Crippen LogP contribution is 2.15. The van der Waals surface area contributed by atoms with Crippen LogP contribution in [0.15, 0.2) is 36.8 Å². The SMILES string of the molecule is CC(=O)SCCn1ccc(-c2ccncc2)n1. The van der Waals surface area contributed by atoms with E-state index in [4.69, 9.17) is 0 Å². The molecule has 88 valence electrons. The zero-order valence-corrected chi connectivity index (χ0v) is 10.4. The molecular formula is C12H13N3OS. The molecule has 17 heavy (non-hydrogen) atoms. The summed E-state index contributed by atoms with van der Waals surface area (Å²) in [7, 11) is 0. The Labute approximate surface area is 104 Å². The Balaban J connectivity index is 1.99. The molecular weight excluding hydrogens is 234 g/mol. The molecule has 0 radical (unpaired) electrons. The first kappa shape index (κ1) is 11.9. The van der Waals surface area contributed by atoms with E-state index in [0.29, 0.717) is 0 Å².